The molecule has 0 radical (unpaired) electrons. The van der Waals surface area contributed by atoms with E-state index < -0.39 is 5.82 Å². The van der Waals surface area contributed by atoms with Gasteiger partial charge in [-0.3, -0.25) is 4.79 Å². The number of rotatable bonds is 3. The summed E-state index contributed by atoms with van der Waals surface area (Å²) in [4.78, 5) is 12.3. The Morgan fingerprint density at radius 1 is 1.55 bits per heavy atom. The van der Waals surface area contributed by atoms with Crippen LogP contribution in [0.25, 0.3) is 0 Å². The predicted molar refractivity (Wildman–Crippen MR) is 76.4 cm³/mol. The molecule has 0 saturated carbocycles. The van der Waals surface area contributed by atoms with Crippen LogP contribution in [0.1, 0.15) is 26.4 Å². The van der Waals surface area contributed by atoms with Crippen LogP contribution in [0.15, 0.2) is 23.6 Å². The minimum absolute atomic E-state index is 0.0453. The van der Waals surface area contributed by atoms with Crippen LogP contribution in [0.3, 0.4) is 0 Å². The highest BCUT2D eigenvalue weighted by molar-refractivity contribution is 7.13. The third kappa shape index (κ3) is 2.98. The summed E-state index contributed by atoms with van der Waals surface area (Å²) in [6.45, 7) is 1.86. The average molecular weight is 309 g/mol. The summed E-state index contributed by atoms with van der Waals surface area (Å²) in [6, 6.07) is 5.98. The molecule has 0 saturated heterocycles. The number of hydrogen-bond acceptors (Lipinski definition) is 3. The Kier molecular flexibility index (Phi) is 4.38. The second-order valence-corrected chi connectivity index (χ2v) is 5.42. The van der Waals surface area contributed by atoms with Gasteiger partial charge < -0.3 is 5.32 Å². The van der Waals surface area contributed by atoms with Gasteiger partial charge in [0.2, 0.25) is 0 Å². The Hall–Kier alpha value is -1.90. The quantitative estimate of drug-likeness (QED) is 0.941. The monoisotopic (exact) mass is 308 g/mol. The lowest BCUT2D eigenvalue weighted by Gasteiger charge is -2.06. The average Bonchev–Trinajstić information content (AvgIpc) is 2.77. The van der Waals surface area contributed by atoms with E-state index in [0.717, 1.165) is 11.6 Å². The van der Waals surface area contributed by atoms with Crippen molar-refractivity contribution in [3.8, 4) is 6.07 Å². The molecule has 1 aromatic heterocycles. The molecule has 20 heavy (non-hydrogen) atoms. The Labute approximate surface area is 124 Å². The zero-order valence-electron chi connectivity index (χ0n) is 10.5. The van der Waals surface area contributed by atoms with Crippen LogP contribution >= 0.6 is 22.9 Å². The number of carbonyl (C=O) groups is 1. The molecule has 2 rings (SSSR count). The predicted octanol–water partition coefficient (Wildman–Crippen LogP) is 3.65. The molecular weight excluding hydrogens is 299 g/mol. The van der Waals surface area contributed by atoms with E-state index in [-0.39, 0.29) is 18.0 Å². The Balaban J connectivity index is 2.08. The van der Waals surface area contributed by atoms with E-state index in [4.69, 9.17) is 16.9 Å². The molecule has 0 fully saturated rings. The smallest absolute Gasteiger partial charge is 0.263 e. The van der Waals surface area contributed by atoms with E-state index in [0.29, 0.717) is 15.5 Å². The molecule has 0 unspecified atom stereocenters. The van der Waals surface area contributed by atoms with Crippen molar-refractivity contribution in [1.82, 2.24) is 5.32 Å². The van der Waals surface area contributed by atoms with Crippen molar-refractivity contribution in [2.45, 2.75) is 13.5 Å². The molecule has 1 N–H and O–H groups in total. The van der Waals surface area contributed by atoms with Crippen molar-refractivity contribution in [3.63, 3.8) is 0 Å². The molecule has 0 atom stereocenters. The van der Waals surface area contributed by atoms with Gasteiger partial charge in [-0.1, -0.05) is 17.7 Å². The fourth-order valence-electron chi connectivity index (χ4n) is 1.60. The maximum absolute atomic E-state index is 13.6. The van der Waals surface area contributed by atoms with Gasteiger partial charge in [-0.15, -0.1) is 11.3 Å². The number of thiophene rings is 1. The van der Waals surface area contributed by atoms with Crippen molar-refractivity contribution in [1.29, 1.82) is 5.26 Å². The fourth-order valence-corrected chi connectivity index (χ4v) is 2.79. The zero-order valence-corrected chi connectivity index (χ0v) is 12.1. The molecule has 3 nitrogen and oxygen atoms in total. The van der Waals surface area contributed by atoms with Crippen LogP contribution in [0.4, 0.5) is 4.39 Å². The first-order chi connectivity index (χ1) is 9.52. The van der Waals surface area contributed by atoms with Crippen LogP contribution in [0, 0.1) is 24.1 Å². The molecule has 1 amide bonds. The number of carbonyl (C=O) groups excluding carboxylic acids is 1. The molecule has 0 spiro atoms. The van der Waals surface area contributed by atoms with Gasteiger partial charge in [-0.25, -0.2) is 4.39 Å². The SMILES string of the molecule is Cc1csc(C(=O)NCc2ccc(C#N)cc2F)c1Cl. The first-order valence-corrected chi connectivity index (χ1v) is 6.99. The van der Waals surface area contributed by atoms with Gasteiger partial charge in [0.05, 0.1) is 16.7 Å². The van der Waals surface area contributed by atoms with Gasteiger partial charge in [0.15, 0.2) is 0 Å². The van der Waals surface area contributed by atoms with Crippen molar-refractivity contribution >= 4 is 28.8 Å². The molecular formula is C14H10ClFN2OS. The van der Waals surface area contributed by atoms with Crippen LogP contribution in [-0.2, 0) is 6.54 Å². The number of benzene rings is 1. The van der Waals surface area contributed by atoms with E-state index in [2.05, 4.69) is 5.32 Å². The van der Waals surface area contributed by atoms with E-state index in [1.807, 2.05) is 13.0 Å². The molecule has 102 valence electrons. The lowest BCUT2D eigenvalue weighted by atomic mass is 10.1. The Morgan fingerprint density at radius 2 is 2.30 bits per heavy atom. The van der Waals surface area contributed by atoms with Crippen molar-refractivity contribution in [2.75, 3.05) is 0 Å². The van der Waals surface area contributed by atoms with Crippen LogP contribution in [0.2, 0.25) is 5.02 Å². The number of nitrogens with one attached hydrogen (secondary N) is 1. The molecule has 0 bridgehead atoms. The van der Waals surface area contributed by atoms with Gasteiger partial charge in [0, 0.05) is 12.1 Å². The van der Waals surface area contributed by atoms with Crippen LogP contribution < -0.4 is 5.32 Å². The van der Waals surface area contributed by atoms with Crippen molar-refractivity contribution in [2.24, 2.45) is 0 Å². The number of nitrogens with zero attached hydrogens (tertiary/aromatic N) is 1. The zero-order chi connectivity index (χ0) is 14.7. The summed E-state index contributed by atoms with van der Waals surface area (Å²) in [5.74, 6) is -0.852. The van der Waals surface area contributed by atoms with Crippen molar-refractivity contribution < 1.29 is 9.18 Å². The molecule has 1 aromatic carbocycles. The topological polar surface area (TPSA) is 52.9 Å². The van der Waals surface area contributed by atoms with Gasteiger partial charge in [0.25, 0.3) is 5.91 Å². The fraction of sp³-hybridized carbons (Fsp3) is 0.143. The third-order valence-electron chi connectivity index (χ3n) is 2.73. The summed E-state index contributed by atoms with van der Waals surface area (Å²) in [5, 5.41) is 13.5. The lowest BCUT2D eigenvalue weighted by molar-refractivity contribution is 0.0955. The standard InChI is InChI=1S/C14H10ClFN2OS/c1-8-7-20-13(12(8)15)14(19)18-6-10-3-2-9(5-17)4-11(10)16/h2-4,7H,6H2,1H3,(H,18,19). The molecule has 1 heterocycles. The summed E-state index contributed by atoms with van der Waals surface area (Å²) in [5.41, 5.74) is 1.41. The molecule has 0 aliphatic carbocycles. The van der Waals surface area contributed by atoms with Gasteiger partial charge in [0.1, 0.15) is 10.7 Å². The van der Waals surface area contributed by atoms with Gasteiger partial charge in [-0.2, -0.15) is 5.26 Å². The lowest BCUT2D eigenvalue weighted by Crippen LogP contribution is -2.22. The van der Waals surface area contributed by atoms with Gasteiger partial charge in [-0.05, 0) is 30.0 Å². The minimum Gasteiger partial charge on any atom is -0.347 e. The second kappa shape index (κ2) is 6.04. The Morgan fingerprint density at radius 3 is 2.85 bits per heavy atom. The highest BCUT2D eigenvalue weighted by Gasteiger charge is 2.14. The summed E-state index contributed by atoms with van der Waals surface area (Å²) >= 11 is 7.24. The van der Waals surface area contributed by atoms with Gasteiger partial charge >= 0.3 is 0 Å². The maximum Gasteiger partial charge on any atom is 0.263 e. The van der Waals surface area contributed by atoms with Crippen LogP contribution in [-0.4, -0.2) is 5.91 Å². The highest BCUT2D eigenvalue weighted by Crippen LogP contribution is 2.26. The molecule has 6 heteroatoms. The largest absolute Gasteiger partial charge is 0.347 e. The molecule has 2 aromatic rings. The Bertz CT molecular complexity index is 706. The number of halogens is 2. The van der Waals surface area contributed by atoms with E-state index in [9.17, 15) is 9.18 Å². The second-order valence-electron chi connectivity index (χ2n) is 4.16. The normalized spacial score (nSPS) is 10.1. The first-order valence-electron chi connectivity index (χ1n) is 5.73. The number of aryl methyl sites for hydroxylation is 1. The van der Waals surface area contributed by atoms with Crippen LogP contribution in [0.5, 0.6) is 0 Å². The summed E-state index contributed by atoms with van der Waals surface area (Å²) in [6.07, 6.45) is 0. The van der Waals surface area contributed by atoms with E-state index in [1.165, 1.54) is 23.5 Å². The minimum atomic E-state index is -0.516. The van der Waals surface area contributed by atoms with E-state index >= 15 is 0 Å². The highest BCUT2D eigenvalue weighted by atomic mass is 35.5. The maximum atomic E-state index is 13.6. The molecule has 0 aliphatic rings. The number of amides is 1. The molecule has 0 aliphatic heterocycles. The van der Waals surface area contributed by atoms with E-state index in [1.54, 1.807) is 5.38 Å². The number of hydrogen-bond donors (Lipinski definition) is 1. The number of nitriles is 1. The summed E-state index contributed by atoms with van der Waals surface area (Å²) in [7, 11) is 0. The third-order valence-corrected chi connectivity index (χ3v) is 4.42. The van der Waals surface area contributed by atoms with Crippen molar-refractivity contribution in [3.05, 3.63) is 56.0 Å². The first kappa shape index (κ1) is 14.5. The summed E-state index contributed by atoms with van der Waals surface area (Å²) < 4.78 is 13.6.